The topological polar surface area (TPSA) is 38.3 Å². The van der Waals surface area contributed by atoms with Crippen LogP contribution in [0.15, 0.2) is 66.7 Å². The predicted octanol–water partition coefficient (Wildman–Crippen LogP) is 5.41. The number of hydrogen-bond donors (Lipinski definition) is 1. The molecule has 1 aliphatic rings. The van der Waals surface area contributed by atoms with Crippen molar-refractivity contribution in [2.24, 2.45) is 0 Å². The zero-order valence-corrected chi connectivity index (χ0v) is 12.7. The van der Waals surface area contributed by atoms with Gasteiger partial charge in [0.2, 0.25) is 0 Å². The predicted molar refractivity (Wildman–Crippen MR) is 91.7 cm³/mol. The van der Waals surface area contributed by atoms with Gasteiger partial charge in [-0.3, -0.25) is 4.79 Å². The Bertz CT molecular complexity index is 898. The lowest BCUT2D eigenvalue weighted by Gasteiger charge is -2.24. The highest BCUT2D eigenvalue weighted by molar-refractivity contribution is 5.95. The van der Waals surface area contributed by atoms with Gasteiger partial charge < -0.3 is 10.1 Å². The van der Waals surface area contributed by atoms with Gasteiger partial charge in [0.15, 0.2) is 17.3 Å². The van der Waals surface area contributed by atoms with E-state index in [2.05, 4.69) is 5.32 Å². The molecule has 0 aliphatic carbocycles. The summed E-state index contributed by atoms with van der Waals surface area (Å²) in [6.45, 7) is 1.58. The van der Waals surface area contributed by atoms with Crippen LogP contribution in [0.1, 0.15) is 17.3 Å². The fraction of sp³-hybridized carbons (Fsp3) is 0.0500. The lowest BCUT2D eigenvalue weighted by atomic mass is 10.00. The molecule has 0 fully saturated rings. The Balaban J connectivity index is 1.79. The fourth-order valence-electron chi connectivity index (χ4n) is 2.78. The molecular formula is C20H15NO2. The van der Waals surface area contributed by atoms with Crippen molar-refractivity contribution in [3.05, 3.63) is 72.3 Å². The molecular weight excluding hydrogens is 286 g/mol. The highest BCUT2D eigenvalue weighted by atomic mass is 16.5. The van der Waals surface area contributed by atoms with E-state index >= 15 is 0 Å². The molecule has 112 valence electrons. The van der Waals surface area contributed by atoms with Gasteiger partial charge in [-0.2, -0.15) is 0 Å². The van der Waals surface area contributed by atoms with Crippen molar-refractivity contribution in [1.29, 1.82) is 0 Å². The number of ketones is 1. The Morgan fingerprint density at radius 3 is 2.39 bits per heavy atom. The molecule has 1 aliphatic heterocycles. The second-order valence-corrected chi connectivity index (χ2v) is 5.54. The van der Waals surface area contributed by atoms with Gasteiger partial charge in [-0.15, -0.1) is 0 Å². The molecule has 3 heteroatoms. The van der Waals surface area contributed by atoms with Crippen LogP contribution < -0.4 is 10.1 Å². The first-order chi connectivity index (χ1) is 11.2. The molecule has 0 bridgehead atoms. The maximum absolute atomic E-state index is 11.4. The largest absolute Gasteiger partial charge is 0.453 e. The molecule has 0 unspecified atom stereocenters. The number of anilines is 2. The smallest absolute Gasteiger partial charge is 0.159 e. The van der Waals surface area contributed by atoms with Crippen LogP contribution >= 0.6 is 0 Å². The number of carbonyl (C=O) groups excluding carboxylic acids is 1. The van der Waals surface area contributed by atoms with Crippen molar-refractivity contribution >= 4 is 17.2 Å². The molecule has 1 heterocycles. The highest BCUT2D eigenvalue weighted by Crippen LogP contribution is 2.46. The van der Waals surface area contributed by atoms with Gasteiger partial charge in [-0.1, -0.05) is 48.5 Å². The van der Waals surface area contributed by atoms with Gasteiger partial charge in [-0.25, -0.2) is 0 Å². The maximum Gasteiger partial charge on any atom is 0.159 e. The summed E-state index contributed by atoms with van der Waals surface area (Å²) in [4.78, 5) is 11.4. The van der Waals surface area contributed by atoms with E-state index in [9.17, 15) is 4.79 Å². The van der Waals surface area contributed by atoms with E-state index < -0.39 is 0 Å². The normalized spacial score (nSPS) is 11.7. The van der Waals surface area contributed by atoms with Gasteiger partial charge in [0.1, 0.15) is 0 Å². The number of carbonyl (C=O) groups is 1. The summed E-state index contributed by atoms with van der Waals surface area (Å²) in [5, 5.41) is 3.45. The second-order valence-electron chi connectivity index (χ2n) is 5.54. The zero-order chi connectivity index (χ0) is 15.8. The average molecular weight is 301 g/mol. The third-order valence-electron chi connectivity index (χ3n) is 4.00. The zero-order valence-electron chi connectivity index (χ0n) is 12.7. The molecule has 0 amide bonds. The highest BCUT2D eigenvalue weighted by Gasteiger charge is 2.19. The van der Waals surface area contributed by atoms with E-state index in [4.69, 9.17) is 4.74 Å². The molecule has 0 saturated carbocycles. The molecule has 4 rings (SSSR count). The summed E-state index contributed by atoms with van der Waals surface area (Å²) < 4.78 is 5.98. The van der Waals surface area contributed by atoms with Crippen molar-refractivity contribution in [2.45, 2.75) is 6.92 Å². The number of para-hydroxylation sites is 3. The Kier molecular flexibility index (Phi) is 3.12. The Hall–Kier alpha value is -3.07. The number of nitrogens with one attached hydrogen (secondary N) is 1. The average Bonchev–Trinajstić information content (AvgIpc) is 2.59. The molecule has 1 N–H and O–H groups in total. The monoisotopic (exact) mass is 301 g/mol. The van der Waals surface area contributed by atoms with Crippen LogP contribution in [0, 0.1) is 0 Å². The van der Waals surface area contributed by atoms with Gasteiger partial charge in [0.25, 0.3) is 0 Å². The standard InChI is InChI=1S/C20H15NO2/c1-13(22)14-9-11-15(12-10-14)16-5-4-8-19-20(16)21-17-6-2-3-7-18(17)23-19/h2-12,21H,1H3. The van der Waals surface area contributed by atoms with Crippen LogP contribution in [0.2, 0.25) is 0 Å². The second kappa shape index (κ2) is 5.29. The van der Waals surface area contributed by atoms with Crippen molar-refractivity contribution in [2.75, 3.05) is 5.32 Å². The van der Waals surface area contributed by atoms with E-state index in [0.717, 1.165) is 34.0 Å². The first kappa shape index (κ1) is 13.6. The Morgan fingerprint density at radius 1 is 0.870 bits per heavy atom. The quantitative estimate of drug-likeness (QED) is 0.503. The molecule has 0 saturated heterocycles. The summed E-state index contributed by atoms with van der Waals surface area (Å²) >= 11 is 0. The van der Waals surface area contributed by atoms with E-state index in [1.165, 1.54) is 0 Å². The summed E-state index contributed by atoms with van der Waals surface area (Å²) in [6, 6.07) is 21.5. The van der Waals surface area contributed by atoms with Crippen molar-refractivity contribution in [3.8, 4) is 22.6 Å². The van der Waals surface area contributed by atoms with Crippen LogP contribution in [-0.4, -0.2) is 5.78 Å². The van der Waals surface area contributed by atoms with Gasteiger partial charge in [0, 0.05) is 11.1 Å². The minimum absolute atomic E-state index is 0.0713. The molecule has 0 aromatic heterocycles. The lowest BCUT2D eigenvalue weighted by Crippen LogP contribution is -2.04. The van der Waals surface area contributed by atoms with Gasteiger partial charge in [0.05, 0.1) is 11.4 Å². The summed E-state index contributed by atoms with van der Waals surface area (Å²) in [6.07, 6.45) is 0. The van der Waals surface area contributed by atoms with Crippen molar-refractivity contribution in [1.82, 2.24) is 0 Å². The number of Topliss-reactive ketones (excluding diaryl/α,β-unsaturated/α-hetero) is 1. The third kappa shape index (κ3) is 2.36. The van der Waals surface area contributed by atoms with E-state index in [0.29, 0.717) is 5.56 Å². The van der Waals surface area contributed by atoms with Crippen LogP contribution in [0.5, 0.6) is 11.5 Å². The van der Waals surface area contributed by atoms with Crippen LogP contribution in [-0.2, 0) is 0 Å². The number of fused-ring (bicyclic) bond motifs is 2. The Morgan fingerprint density at radius 2 is 1.61 bits per heavy atom. The van der Waals surface area contributed by atoms with Gasteiger partial charge in [-0.05, 0) is 30.7 Å². The first-order valence-electron chi connectivity index (χ1n) is 7.51. The fourth-order valence-corrected chi connectivity index (χ4v) is 2.78. The summed E-state index contributed by atoms with van der Waals surface area (Å²) in [5.74, 6) is 1.70. The van der Waals surface area contributed by atoms with Crippen LogP contribution in [0.25, 0.3) is 11.1 Å². The Labute approximate surface area is 134 Å². The molecule has 0 spiro atoms. The SMILES string of the molecule is CC(=O)c1ccc(-c2cccc3c2Nc2ccccc2O3)cc1. The van der Waals surface area contributed by atoms with E-state index in [1.54, 1.807) is 6.92 Å². The van der Waals surface area contributed by atoms with Gasteiger partial charge >= 0.3 is 0 Å². The molecule has 3 aromatic rings. The minimum atomic E-state index is 0.0713. The van der Waals surface area contributed by atoms with E-state index in [-0.39, 0.29) is 5.78 Å². The number of rotatable bonds is 2. The number of ether oxygens (including phenoxy) is 1. The molecule has 23 heavy (non-hydrogen) atoms. The lowest BCUT2D eigenvalue weighted by molar-refractivity contribution is 0.101. The molecule has 3 nitrogen and oxygen atoms in total. The molecule has 0 radical (unpaired) electrons. The minimum Gasteiger partial charge on any atom is -0.453 e. The third-order valence-corrected chi connectivity index (χ3v) is 4.00. The van der Waals surface area contributed by atoms with E-state index in [1.807, 2.05) is 66.7 Å². The first-order valence-corrected chi connectivity index (χ1v) is 7.51. The van der Waals surface area contributed by atoms with Crippen LogP contribution in [0.4, 0.5) is 11.4 Å². The van der Waals surface area contributed by atoms with Crippen molar-refractivity contribution in [3.63, 3.8) is 0 Å². The molecule has 0 atom stereocenters. The number of benzene rings is 3. The summed E-state index contributed by atoms with van der Waals surface area (Å²) in [5.41, 5.74) is 4.71. The van der Waals surface area contributed by atoms with Crippen LogP contribution in [0.3, 0.4) is 0 Å². The number of hydrogen-bond acceptors (Lipinski definition) is 3. The maximum atomic E-state index is 11.4. The molecule has 3 aromatic carbocycles. The van der Waals surface area contributed by atoms with Crippen molar-refractivity contribution < 1.29 is 9.53 Å². The summed E-state index contributed by atoms with van der Waals surface area (Å²) in [7, 11) is 0.